The Morgan fingerprint density at radius 2 is 1.92 bits per heavy atom. The van der Waals surface area contributed by atoms with Crippen LogP contribution >= 0.6 is 0 Å². The maximum atomic E-state index is 12.0. The first kappa shape index (κ1) is 17.5. The summed E-state index contributed by atoms with van der Waals surface area (Å²) >= 11 is 0. The molecule has 0 aromatic heterocycles. The molecule has 24 heavy (non-hydrogen) atoms. The molecule has 0 bridgehead atoms. The van der Waals surface area contributed by atoms with Gasteiger partial charge in [-0.05, 0) is 24.6 Å². The lowest BCUT2D eigenvalue weighted by Crippen LogP contribution is -2.58. The monoisotopic (exact) mass is 332 g/mol. The first-order chi connectivity index (χ1) is 11.6. The minimum Gasteiger partial charge on any atom is -0.473 e. The first-order valence-corrected chi connectivity index (χ1v) is 7.52. The maximum absolute atomic E-state index is 12.0. The third-order valence-corrected chi connectivity index (χ3v) is 3.60. The zero-order valence-corrected chi connectivity index (χ0v) is 13.3. The fourth-order valence-corrected chi connectivity index (χ4v) is 2.23. The van der Waals surface area contributed by atoms with Gasteiger partial charge in [-0.3, -0.25) is 19.3 Å². The molecule has 1 heterocycles. The summed E-state index contributed by atoms with van der Waals surface area (Å²) in [5.74, 6) is -1.01. The zero-order valence-electron chi connectivity index (χ0n) is 13.3. The Balaban J connectivity index is 1.81. The Labute approximate surface area is 139 Å². The molecular formula is C16H18N3O5. The normalized spacial score (nSPS) is 14.5. The number of nitrogens with one attached hydrogen (secondary N) is 1. The van der Waals surface area contributed by atoms with Crippen LogP contribution in [0.4, 0.5) is 4.79 Å². The number of urea groups is 1. The summed E-state index contributed by atoms with van der Waals surface area (Å²) in [6, 6.07) is 6.08. The van der Waals surface area contributed by atoms with Crippen molar-refractivity contribution < 1.29 is 23.9 Å². The molecule has 0 atom stereocenters. The molecule has 0 spiro atoms. The van der Waals surface area contributed by atoms with E-state index in [1.807, 2.05) is 0 Å². The van der Waals surface area contributed by atoms with Crippen LogP contribution in [0.2, 0.25) is 0 Å². The van der Waals surface area contributed by atoms with Crippen molar-refractivity contribution in [1.82, 2.24) is 15.1 Å². The molecule has 1 aromatic rings. The summed E-state index contributed by atoms with van der Waals surface area (Å²) in [6.07, 6.45) is 2.00. The zero-order chi connectivity index (χ0) is 17.5. The van der Waals surface area contributed by atoms with E-state index < -0.39 is 17.8 Å². The van der Waals surface area contributed by atoms with Crippen molar-refractivity contribution in [1.29, 1.82) is 0 Å². The van der Waals surface area contributed by atoms with Gasteiger partial charge in [0.15, 0.2) is 6.73 Å². The highest BCUT2D eigenvalue weighted by Gasteiger charge is 2.35. The van der Waals surface area contributed by atoms with E-state index in [2.05, 4.69) is 5.32 Å². The van der Waals surface area contributed by atoms with E-state index in [1.54, 1.807) is 37.5 Å². The average Bonchev–Trinajstić information content (AvgIpc) is 2.59. The van der Waals surface area contributed by atoms with Crippen LogP contribution in [-0.4, -0.2) is 60.3 Å². The number of nitrogens with zero attached hydrogens (tertiary/aromatic N) is 2. The molecular weight excluding hydrogens is 314 g/mol. The van der Waals surface area contributed by atoms with Gasteiger partial charge in [0.05, 0.1) is 0 Å². The lowest BCUT2D eigenvalue weighted by atomic mass is 10.2. The molecule has 4 amide bonds. The molecule has 127 valence electrons. The smallest absolute Gasteiger partial charge is 0.327 e. The number of rotatable bonds is 6. The van der Waals surface area contributed by atoms with E-state index in [4.69, 9.17) is 4.74 Å². The number of carbonyl (C=O) groups is 3. The maximum Gasteiger partial charge on any atom is 0.327 e. The highest BCUT2D eigenvalue weighted by molar-refractivity contribution is 6.38. The summed E-state index contributed by atoms with van der Waals surface area (Å²) in [6.45, 7) is 2.54. The highest BCUT2D eigenvalue weighted by Crippen LogP contribution is 2.12. The lowest BCUT2D eigenvalue weighted by Gasteiger charge is -2.31. The van der Waals surface area contributed by atoms with Gasteiger partial charge in [-0.25, -0.2) is 4.79 Å². The number of imide groups is 1. The van der Waals surface area contributed by atoms with Crippen LogP contribution in [0.25, 0.3) is 0 Å². The van der Waals surface area contributed by atoms with Crippen LogP contribution in [0.1, 0.15) is 12.5 Å². The minimum absolute atomic E-state index is 0.145. The molecule has 2 rings (SSSR count). The lowest BCUT2D eigenvalue weighted by molar-refractivity contribution is -0.153. The molecule has 0 unspecified atom stereocenters. The summed E-state index contributed by atoms with van der Waals surface area (Å²) < 4.78 is 5.34. The van der Waals surface area contributed by atoms with Gasteiger partial charge in [0.25, 0.3) is 0 Å². The fourth-order valence-electron chi connectivity index (χ4n) is 2.23. The Morgan fingerprint density at radius 3 is 2.54 bits per heavy atom. The Kier molecular flexibility index (Phi) is 5.89. The molecule has 1 saturated heterocycles. The van der Waals surface area contributed by atoms with Gasteiger partial charge in [0.1, 0.15) is 5.75 Å². The third kappa shape index (κ3) is 4.09. The molecule has 0 saturated carbocycles. The van der Waals surface area contributed by atoms with Crippen molar-refractivity contribution in [3.63, 3.8) is 0 Å². The van der Waals surface area contributed by atoms with Gasteiger partial charge in [-0.1, -0.05) is 12.1 Å². The number of amides is 4. The van der Waals surface area contributed by atoms with Crippen LogP contribution in [0, 0.1) is 0 Å². The molecule has 1 radical (unpaired) electrons. The van der Waals surface area contributed by atoms with Crippen molar-refractivity contribution in [3.8, 4) is 5.75 Å². The standard InChI is InChI=1S/C16H18N3O5/c1-2-18-8-9-19(15(22)14(18)21)16(23)17-11-24-13-5-3-12(4-6-13)7-10-20/h3-6H,2,7-9,11H2,1H3,(H,17,23). The quantitative estimate of drug-likeness (QED) is 0.588. The van der Waals surface area contributed by atoms with E-state index in [-0.39, 0.29) is 19.7 Å². The summed E-state index contributed by atoms with van der Waals surface area (Å²) in [5, 5.41) is 2.44. The van der Waals surface area contributed by atoms with Crippen molar-refractivity contribution in [2.75, 3.05) is 26.4 Å². The second-order valence-electron chi connectivity index (χ2n) is 5.08. The molecule has 1 fully saturated rings. The van der Waals surface area contributed by atoms with Gasteiger partial charge in [0, 0.05) is 26.1 Å². The molecule has 1 N–H and O–H groups in total. The topological polar surface area (TPSA) is 96.0 Å². The van der Waals surface area contributed by atoms with Gasteiger partial charge in [-0.2, -0.15) is 0 Å². The first-order valence-electron chi connectivity index (χ1n) is 7.52. The van der Waals surface area contributed by atoms with Crippen molar-refractivity contribution in [2.24, 2.45) is 0 Å². The molecule has 8 heteroatoms. The number of hydrogen-bond donors (Lipinski definition) is 1. The fraction of sp³-hybridized carbons (Fsp3) is 0.375. The Morgan fingerprint density at radius 1 is 1.21 bits per heavy atom. The van der Waals surface area contributed by atoms with Crippen LogP contribution in [0.3, 0.4) is 0 Å². The van der Waals surface area contributed by atoms with Gasteiger partial charge in [-0.15, -0.1) is 0 Å². The SMILES string of the molecule is CCN1CCN(C(=O)NCOc2ccc(C[C]=O)cc2)C(=O)C1=O. The van der Waals surface area contributed by atoms with Crippen molar-refractivity contribution in [2.45, 2.75) is 13.3 Å². The number of hydrogen-bond acceptors (Lipinski definition) is 5. The number of ether oxygens (including phenoxy) is 1. The highest BCUT2D eigenvalue weighted by atomic mass is 16.5. The van der Waals surface area contributed by atoms with E-state index in [0.29, 0.717) is 18.8 Å². The predicted molar refractivity (Wildman–Crippen MR) is 83.8 cm³/mol. The van der Waals surface area contributed by atoms with E-state index >= 15 is 0 Å². The molecule has 1 aliphatic heterocycles. The molecule has 0 aliphatic carbocycles. The number of piperazine rings is 1. The van der Waals surface area contributed by atoms with E-state index in [1.165, 1.54) is 4.90 Å². The predicted octanol–water partition coefficient (Wildman–Crippen LogP) is 0.0754. The summed E-state index contributed by atoms with van der Waals surface area (Å²) in [5.41, 5.74) is 0.805. The van der Waals surface area contributed by atoms with Crippen LogP contribution in [0.15, 0.2) is 24.3 Å². The molecule has 1 aromatic carbocycles. The van der Waals surface area contributed by atoms with E-state index in [9.17, 15) is 19.2 Å². The summed E-state index contributed by atoms with van der Waals surface area (Å²) in [7, 11) is 0. The minimum atomic E-state index is -0.838. The number of benzene rings is 1. The largest absolute Gasteiger partial charge is 0.473 e. The van der Waals surface area contributed by atoms with Crippen LogP contribution in [0.5, 0.6) is 5.75 Å². The van der Waals surface area contributed by atoms with Crippen molar-refractivity contribution in [3.05, 3.63) is 29.8 Å². The molecule has 1 aliphatic rings. The van der Waals surface area contributed by atoms with Crippen LogP contribution in [-0.2, 0) is 20.8 Å². The van der Waals surface area contributed by atoms with Gasteiger partial charge in [0.2, 0.25) is 6.29 Å². The average molecular weight is 332 g/mol. The van der Waals surface area contributed by atoms with Gasteiger partial charge < -0.3 is 15.0 Å². The second kappa shape index (κ2) is 8.09. The Bertz CT molecular complexity index is 629. The second-order valence-corrected chi connectivity index (χ2v) is 5.08. The molecule has 8 nitrogen and oxygen atoms in total. The van der Waals surface area contributed by atoms with E-state index in [0.717, 1.165) is 10.5 Å². The van der Waals surface area contributed by atoms with Gasteiger partial charge >= 0.3 is 17.8 Å². The Hall–Kier alpha value is -2.90. The van der Waals surface area contributed by atoms with Crippen molar-refractivity contribution >= 4 is 24.1 Å². The van der Waals surface area contributed by atoms with Crippen LogP contribution < -0.4 is 10.1 Å². The summed E-state index contributed by atoms with van der Waals surface area (Å²) in [4.78, 5) is 48.1. The number of likely N-dealkylation sites (N-methyl/N-ethyl adjacent to an activating group) is 1. The third-order valence-electron chi connectivity index (χ3n) is 3.60. The number of carbonyl (C=O) groups excluding carboxylic acids is 4.